The van der Waals surface area contributed by atoms with Crippen molar-refractivity contribution in [3.05, 3.63) is 46.4 Å². The van der Waals surface area contributed by atoms with E-state index in [1.54, 1.807) is 11.3 Å². The summed E-state index contributed by atoms with van der Waals surface area (Å²) in [7, 11) is 0. The van der Waals surface area contributed by atoms with E-state index >= 15 is 0 Å². The molecular formula is C22H28N6O2S. The van der Waals surface area contributed by atoms with Crippen molar-refractivity contribution in [3.63, 3.8) is 0 Å². The van der Waals surface area contributed by atoms with E-state index < -0.39 is 0 Å². The summed E-state index contributed by atoms with van der Waals surface area (Å²) < 4.78 is 5.64. The van der Waals surface area contributed by atoms with Crippen LogP contribution in [0.2, 0.25) is 0 Å². The van der Waals surface area contributed by atoms with E-state index in [1.807, 2.05) is 50.9 Å². The number of anilines is 2. The minimum absolute atomic E-state index is 0.0140. The van der Waals surface area contributed by atoms with Gasteiger partial charge in [0.1, 0.15) is 0 Å². The largest absolute Gasteiger partial charge is 0.425 e. The van der Waals surface area contributed by atoms with Crippen LogP contribution in [0.25, 0.3) is 0 Å². The second kappa shape index (κ2) is 9.13. The normalized spacial score (nSPS) is 16.3. The molecule has 1 atom stereocenters. The van der Waals surface area contributed by atoms with Gasteiger partial charge in [0.05, 0.1) is 11.7 Å². The molecule has 1 saturated heterocycles. The number of carbonyl (C=O) groups excluding carboxylic acids is 1. The minimum Gasteiger partial charge on any atom is -0.425 e. The molecule has 0 unspecified atom stereocenters. The van der Waals surface area contributed by atoms with Crippen molar-refractivity contribution < 1.29 is 9.21 Å². The van der Waals surface area contributed by atoms with Crippen LogP contribution in [-0.4, -0.2) is 37.5 Å². The van der Waals surface area contributed by atoms with Crippen LogP contribution in [0.5, 0.6) is 0 Å². The molecule has 1 aliphatic heterocycles. The molecular weight excluding hydrogens is 412 g/mol. The average molecular weight is 441 g/mol. The Bertz CT molecular complexity index is 1060. The molecule has 0 spiro atoms. The Hall–Kier alpha value is -2.81. The van der Waals surface area contributed by atoms with Gasteiger partial charge in [0.15, 0.2) is 5.13 Å². The second-order valence-corrected chi connectivity index (χ2v) is 9.49. The van der Waals surface area contributed by atoms with Crippen LogP contribution in [-0.2, 0) is 11.2 Å². The molecule has 0 aromatic carbocycles. The highest BCUT2D eigenvalue weighted by Gasteiger charge is 2.31. The van der Waals surface area contributed by atoms with Gasteiger partial charge in [-0.1, -0.05) is 13.8 Å². The van der Waals surface area contributed by atoms with Crippen molar-refractivity contribution in [2.45, 2.75) is 65.3 Å². The number of nitrogens with zero attached hydrogens (tertiary/aromatic N) is 5. The highest BCUT2D eigenvalue weighted by Crippen LogP contribution is 2.34. The van der Waals surface area contributed by atoms with Gasteiger partial charge in [0.2, 0.25) is 17.7 Å². The summed E-state index contributed by atoms with van der Waals surface area (Å²) in [6.07, 6.45) is 4.55. The Morgan fingerprint density at radius 1 is 1.32 bits per heavy atom. The number of hydrogen-bond donors (Lipinski definition) is 1. The van der Waals surface area contributed by atoms with E-state index in [0.29, 0.717) is 24.6 Å². The Morgan fingerprint density at radius 3 is 2.87 bits per heavy atom. The summed E-state index contributed by atoms with van der Waals surface area (Å²) in [6, 6.07) is 4.02. The summed E-state index contributed by atoms with van der Waals surface area (Å²) in [5.41, 5.74) is 2.78. The summed E-state index contributed by atoms with van der Waals surface area (Å²) in [4.78, 5) is 25.2. The molecule has 0 aliphatic carbocycles. The predicted molar refractivity (Wildman–Crippen MR) is 120 cm³/mol. The topological polar surface area (TPSA) is 97.0 Å². The molecule has 3 aromatic heterocycles. The molecule has 3 aromatic rings. The Labute approximate surface area is 186 Å². The molecule has 1 aliphatic rings. The number of hydrogen-bond acceptors (Lipinski definition) is 8. The summed E-state index contributed by atoms with van der Waals surface area (Å²) in [5.74, 6) is 1.41. The van der Waals surface area contributed by atoms with Crippen molar-refractivity contribution >= 4 is 28.1 Å². The first kappa shape index (κ1) is 21.4. The molecule has 0 saturated carbocycles. The van der Waals surface area contributed by atoms with Crippen molar-refractivity contribution in [1.82, 2.24) is 25.1 Å². The Morgan fingerprint density at radius 2 is 2.16 bits per heavy atom. The third kappa shape index (κ3) is 5.10. The van der Waals surface area contributed by atoms with Gasteiger partial charge in [-0.25, -0.2) is 4.98 Å². The number of thiazole rings is 1. The van der Waals surface area contributed by atoms with Gasteiger partial charge in [-0.15, -0.1) is 21.5 Å². The lowest BCUT2D eigenvalue weighted by Gasteiger charge is -2.25. The first-order valence-corrected chi connectivity index (χ1v) is 11.5. The van der Waals surface area contributed by atoms with Crippen LogP contribution in [0.3, 0.4) is 0 Å². The lowest BCUT2D eigenvalue weighted by molar-refractivity contribution is -0.132. The summed E-state index contributed by atoms with van der Waals surface area (Å²) >= 11 is 1.61. The van der Waals surface area contributed by atoms with Crippen LogP contribution < -0.4 is 5.32 Å². The molecule has 1 amide bonds. The minimum atomic E-state index is -0.0140. The number of nitrogens with one attached hydrogen (secondary N) is 1. The molecule has 9 heteroatoms. The van der Waals surface area contributed by atoms with Crippen molar-refractivity contribution in [2.24, 2.45) is 0 Å². The number of aryl methyl sites for hydroxylation is 3. The number of likely N-dealkylation sites (tertiary alicyclic amines) is 1. The third-order valence-corrected chi connectivity index (χ3v) is 6.12. The van der Waals surface area contributed by atoms with Gasteiger partial charge < -0.3 is 14.6 Å². The van der Waals surface area contributed by atoms with Gasteiger partial charge in [0.25, 0.3) is 0 Å². The quantitative estimate of drug-likeness (QED) is 0.568. The van der Waals surface area contributed by atoms with E-state index in [0.717, 1.165) is 46.5 Å². The standard InChI is InChI=1S/C22H28N6O2S/c1-13(2)21-27-26-19(30-21)7-8-20(29)28-9-5-6-18(28)17-11-16(10-14(3)24-17)25-22-23-12-15(4)31-22/h10-13,18H,5-9H2,1-4H3,(H,23,24,25)/t18-/m0/s1. The molecule has 0 radical (unpaired) electrons. The van der Waals surface area contributed by atoms with Gasteiger partial charge in [-0.2, -0.15) is 0 Å². The van der Waals surface area contributed by atoms with Crippen LogP contribution in [0.4, 0.5) is 10.8 Å². The SMILES string of the molecule is Cc1cc(Nc2ncc(C)s2)cc([C@@H]2CCCN2C(=O)CCc2nnc(C(C)C)o2)n1. The maximum Gasteiger partial charge on any atom is 0.223 e. The molecule has 8 nitrogen and oxygen atoms in total. The lowest BCUT2D eigenvalue weighted by Crippen LogP contribution is -2.31. The first-order chi connectivity index (χ1) is 14.9. The Balaban J connectivity index is 1.45. The van der Waals surface area contributed by atoms with Gasteiger partial charge in [-0.05, 0) is 38.8 Å². The molecule has 4 rings (SSSR count). The van der Waals surface area contributed by atoms with Crippen LogP contribution >= 0.6 is 11.3 Å². The van der Waals surface area contributed by atoms with Crippen LogP contribution in [0.15, 0.2) is 22.7 Å². The van der Waals surface area contributed by atoms with Crippen molar-refractivity contribution in [2.75, 3.05) is 11.9 Å². The van der Waals surface area contributed by atoms with Gasteiger partial charge in [0, 0.05) is 47.8 Å². The van der Waals surface area contributed by atoms with Gasteiger partial charge in [-0.3, -0.25) is 9.78 Å². The highest BCUT2D eigenvalue weighted by atomic mass is 32.1. The first-order valence-electron chi connectivity index (χ1n) is 10.7. The number of amides is 1. The van der Waals surface area contributed by atoms with E-state index in [-0.39, 0.29) is 17.9 Å². The molecule has 31 heavy (non-hydrogen) atoms. The number of pyridine rings is 1. The Kier molecular flexibility index (Phi) is 6.31. The van der Waals surface area contributed by atoms with E-state index in [2.05, 4.69) is 20.5 Å². The number of carbonyl (C=O) groups is 1. The zero-order valence-corrected chi connectivity index (χ0v) is 19.2. The maximum absolute atomic E-state index is 13.0. The maximum atomic E-state index is 13.0. The van der Waals surface area contributed by atoms with Crippen molar-refractivity contribution in [3.8, 4) is 0 Å². The molecule has 1 N–H and O–H groups in total. The zero-order valence-electron chi connectivity index (χ0n) is 18.4. The fourth-order valence-electron chi connectivity index (χ4n) is 3.80. The average Bonchev–Trinajstić information content (AvgIpc) is 3.46. The molecule has 0 bridgehead atoms. The van der Waals surface area contributed by atoms with E-state index in [9.17, 15) is 4.79 Å². The molecule has 164 valence electrons. The third-order valence-electron chi connectivity index (χ3n) is 5.29. The zero-order chi connectivity index (χ0) is 22.0. The summed E-state index contributed by atoms with van der Waals surface area (Å²) in [5, 5.41) is 12.3. The smallest absolute Gasteiger partial charge is 0.223 e. The highest BCUT2D eigenvalue weighted by molar-refractivity contribution is 7.15. The van der Waals surface area contributed by atoms with Crippen LogP contribution in [0, 0.1) is 13.8 Å². The second-order valence-electron chi connectivity index (χ2n) is 8.26. The number of rotatable bonds is 7. The molecule has 1 fully saturated rings. The monoisotopic (exact) mass is 440 g/mol. The lowest BCUT2D eigenvalue weighted by atomic mass is 10.1. The van der Waals surface area contributed by atoms with Gasteiger partial charge >= 0.3 is 0 Å². The summed E-state index contributed by atoms with van der Waals surface area (Å²) in [6.45, 7) is 8.77. The van der Waals surface area contributed by atoms with E-state index in [1.165, 1.54) is 0 Å². The number of aromatic nitrogens is 4. The fourth-order valence-corrected chi connectivity index (χ4v) is 4.49. The van der Waals surface area contributed by atoms with Crippen molar-refractivity contribution in [1.29, 1.82) is 0 Å². The van der Waals surface area contributed by atoms with E-state index in [4.69, 9.17) is 9.40 Å². The fraction of sp³-hybridized carbons (Fsp3) is 0.500. The molecule has 4 heterocycles. The van der Waals surface area contributed by atoms with Crippen LogP contribution in [0.1, 0.15) is 73.1 Å². The predicted octanol–water partition coefficient (Wildman–Crippen LogP) is 4.70.